The lowest BCUT2D eigenvalue weighted by Crippen LogP contribution is -2.53. The van der Waals surface area contributed by atoms with E-state index in [1.165, 1.54) is 17.7 Å². The van der Waals surface area contributed by atoms with Gasteiger partial charge in [0.15, 0.2) is 0 Å². The smallest absolute Gasteiger partial charge is 0.237 e. The fraction of sp³-hybridized carbons (Fsp3) is 0.429. The topological polar surface area (TPSA) is 48.5 Å². The Bertz CT molecular complexity index is 730. The summed E-state index contributed by atoms with van der Waals surface area (Å²) in [5.41, 5.74) is 2.11. The molecular formula is C21H27FN4O. The van der Waals surface area contributed by atoms with Gasteiger partial charge in [0.2, 0.25) is 5.91 Å². The summed E-state index contributed by atoms with van der Waals surface area (Å²) in [6, 6.07) is 9.98. The molecule has 2 heterocycles. The lowest BCUT2D eigenvalue weighted by molar-refractivity contribution is -0.127. The third-order valence-electron chi connectivity index (χ3n) is 5.19. The van der Waals surface area contributed by atoms with E-state index in [4.69, 9.17) is 0 Å². The number of hydrogen-bond acceptors (Lipinski definition) is 4. The zero-order valence-electron chi connectivity index (χ0n) is 15.9. The van der Waals surface area contributed by atoms with Crippen LogP contribution in [0.5, 0.6) is 0 Å². The number of rotatable bonds is 6. The Morgan fingerprint density at radius 3 is 2.48 bits per heavy atom. The molecule has 1 aromatic carbocycles. The number of nitrogens with one attached hydrogen (secondary N) is 1. The molecule has 27 heavy (non-hydrogen) atoms. The molecule has 0 radical (unpaired) electrons. The van der Waals surface area contributed by atoms with E-state index in [0.717, 1.165) is 38.3 Å². The standard InChI is InChI=1S/C21H27FN4O/c1-16(19-5-7-20(22)8-6-19)24-21(27)17(2)26-12-10-25(11-13-26)15-18-4-3-9-23-14-18/h3-9,14,16-17H,10-13,15H2,1-2H3,(H,24,27)/t16-,17+/m0/s1. The van der Waals surface area contributed by atoms with Gasteiger partial charge in [-0.1, -0.05) is 18.2 Å². The molecule has 0 bridgehead atoms. The average Bonchev–Trinajstić information content (AvgIpc) is 2.69. The number of benzene rings is 1. The molecule has 1 N–H and O–H groups in total. The molecule has 2 aromatic rings. The monoisotopic (exact) mass is 370 g/mol. The molecule has 0 saturated carbocycles. The normalized spacial score (nSPS) is 18.0. The van der Waals surface area contributed by atoms with Crippen LogP contribution >= 0.6 is 0 Å². The first-order chi connectivity index (χ1) is 13.0. The number of amides is 1. The highest BCUT2D eigenvalue weighted by atomic mass is 19.1. The van der Waals surface area contributed by atoms with Gasteiger partial charge in [0, 0.05) is 45.1 Å². The van der Waals surface area contributed by atoms with Crippen molar-refractivity contribution in [2.24, 2.45) is 0 Å². The first kappa shape index (κ1) is 19.5. The Morgan fingerprint density at radius 1 is 1.15 bits per heavy atom. The maximum atomic E-state index is 13.1. The molecule has 0 unspecified atom stereocenters. The molecule has 1 aliphatic rings. The van der Waals surface area contributed by atoms with Crippen LogP contribution in [-0.2, 0) is 11.3 Å². The maximum Gasteiger partial charge on any atom is 0.237 e. The van der Waals surface area contributed by atoms with Crippen LogP contribution in [-0.4, -0.2) is 52.9 Å². The fourth-order valence-electron chi connectivity index (χ4n) is 3.39. The summed E-state index contributed by atoms with van der Waals surface area (Å²) in [6.07, 6.45) is 3.69. The lowest BCUT2D eigenvalue weighted by Gasteiger charge is -2.37. The summed E-state index contributed by atoms with van der Waals surface area (Å²) in [7, 11) is 0. The minimum absolute atomic E-state index is 0.00698. The molecule has 1 aliphatic heterocycles. The van der Waals surface area contributed by atoms with Crippen LogP contribution in [0.2, 0.25) is 0 Å². The van der Waals surface area contributed by atoms with Crippen molar-refractivity contribution in [2.75, 3.05) is 26.2 Å². The van der Waals surface area contributed by atoms with Gasteiger partial charge in [0.05, 0.1) is 12.1 Å². The van der Waals surface area contributed by atoms with Gasteiger partial charge in [0.1, 0.15) is 5.82 Å². The second-order valence-electron chi connectivity index (χ2n) is 7.13. The van der Waals surface area contributed by atoms with E-state index in [0.29, 0.717) is 0 Å². The summed E-state index contributed by atoms with van der Waals surface area (Å²) in [5.74, 6) is -0.262. The van der Waals surface area contributed by atoms with Crippen LogP contribution in [0, 0.1) is 5.82 Å². The fourth-order valence-corrected chi connectivity index (χ4v) is 3.39. The maximum absolute atomic E-state index is 13.1. The predicted molar refractivity (Wildman–Crippen MR) is 104 cm³/mol. The third-order valence-corrected chi connectivity index (χ3v) is 5.19. The first-order valence-electron chi connectivity index (χ1n) is 9.44. The van der Waals surface area contributed by atoms with Gasteiger partial charge in [-0.25, -0.2) is 4.39 Å². The van der Waals surface area contributed by atoms with E-state index < -0.39 is 0 Å². The summed E-state index contributed by atoms with van der Waals surface area (Å²) in [6.45, 7) is 8.34. The summed E-state index contributed by atoms with van der Waals surface area (Å²) in [5, 5.41) is 3.04. The Kier molecular flexibility index (Phi) is 6.53. The highest BCUT2D eigenvalue weighted by molar-refractivity contribution is 5.81. The molecule has 1 fully saturated rings. The van der Waals surface area contributed by atoms with Crippen molar-refractivity contribution in [2.45, 2.75) is 32.5 Å². The number of aromatic nitrogens is 1. The number of carbonyl (C=O) groups is 1. The Labute approximate surface area is 160 Å². The Morgan fingerprint density at radius 2 is 1.85 bits per heavy atom. The average molecular weight is 370 g/mol. The molecule has 1 aromatic heterocycles. The molecule has 3 rings (SSSR count). The number of pyridine rings is 1. The second kappa shape index (κ2) is 9.06. The molecular weight excluding hydrogens is 343 g/mol. The molecule has 144 valence electrons. The van der Waals surface area contributed by atoms with E-state index in [9.17, 15) is 9.18 Å². The van der Waals surface area contributed by atoms with Gasteiger partial charge in [0.25, 0.3) is 0 Å². The first-order valence-corrected chi connectivity index (χ1v) is 9.44. The van der Waals surface area contributed by atoms with Crippen LogP contribution in [0.4, 0.5) is 4.39 Å². The largest absolute Gasteiger partial charge is 0.348 e. The van der Waals surface area contributed by atoms with Gasteiger partial charge in [-0.05, 0) is 43.2 Å². The van der Waals surface area contributed by atoms with Gasteiger partial charge in [-0.2, -0.15) is 0 Å². The zero-order valence-corrected chi connectivity index (χ0v) is 15.9. The number of nitrogens with zero attached hydrogens (tertiary/aromatic N) is 3. The third kappa shape index (κ3) is 5.34. The molecule has 2 atom stereocenters. The minimum Gasteiger partial charge on any atom is -0.348 e. The van der Waals surface area contributed by atoms with Gasteiger partial charge >= 0.3 is 0 Å². The second-order valence-corrected chi connectivity index (χ2v) is 7.13. The van der Waals surface area contributed by atoms with Gasteiger partial charge < -0.3 is 5.32 Å². The number of carbonyl (C=O) groups excluding carboxylic acids is 1. The number of halogens is 1. The lowest BCUT2D eigenvalue weighted by atomic mass is 10.1. The van der Waals surface area contributed by atoms with Crippen molar-refractivity contribution in [3.63, 3.8) is 0 Å². The minimum atomic E-state index is -0.269. The van der Waals surface area contributed by atoms with Crippen LogP contribution in [0.3, 0.4) is 0 Å². The van der Waals surface area contributed by atoms with E-state index in [2.05, 4.69) is 26.2 Å². The van der Waals surface area contributed by atoms with Gasteiger partial charge in [-0.15, -0.1) is 0 Å². The highest BCUT2D eigenvalue weighted by Crippen LogP contribution is 2.15. The molecule has 0 aliphatic carbocycles. The van der Waals surface area contributed by atoms with Crippen molar-refractivity contribution in [1.29, 1.82) is 0 Å². The van der Waals surface area contributed by atoms with Gasteiger partial charge in [-0.3, -0.25) is 19.6 Å². The summed E-state index contributed by atoms with van der Waals surface area (Å²) >= 11 is 0. The Balaban J connectivity index is 1.47. The summed E-state index contributed by atoms with van der Waals surface area (Å²) < 4.78 is 13.1. The summed E-state index contributed by atoms with van der Waals surface area (Å²) in [4.78, 5) is 21.4. The Hall–Kier alpha value is -2.31. The molecule has 5 nitrogen and oxygen atoms in total. The van der Waals surface area contributed by atoms with E-state index in [1.54, 1.807) is 18.3 Å². The van der Waals surface area contributed by atoms with Crippen molar-refractivity contribution in [1.82, 2.24) is 20.1 Å². The molecule has 6 heteroatoms. The SMILES string of the molecule is C[C@H](NC(=O)[C@@H](C)N1CCN(Cc2cccnc2)CC1)c1ccc(F)cc1. The highest BCUT2D eigenvalue weighted by Gasteiger charge is 2.26. The van der Waals surface area contributed by atoms with Crippen molar-refractivity contribution in [3.8, 4) is 0 Å². The van der Waals surface area contributed by atoms with Crippen molar-refractivity contribution < 1.29 is 9.18 Å². The van der Waals surface area contributed by atoms with E-state index >= 15 is 0 Å². The molecule has 0 spiro atoms. The van der Waals surface area contributed by atoms with Crippen LogP contribution in [0.1, 0.15) is 31.0 Å². The number of piperazine rings is 1. The van der Waals surface area contributed by atoms with E-state index in [1.807, 2.05) is 26.1 Å². The van der Waals surface area contributed by atoms with Crippen LogP contribution in [0.25, 0.3) is 0 Å². The van der Waals surface area contributed by atoms with Crippen molar-refractivity contribution in [3.05, 3.63) is 65.7 Å². The molecule has 1 saturated heterocycles. The van der Waals surface area contributed by atoms with Crippen LogP contribution < -0.4 is 5.32 Å². The number of hydrogen-bond donors (Lipinski definition) is 1. The van der Waals surface area contributed by atoms with Crippen molar-refractivity contribution >= 4 is 5.91 Å². The van der Waals surface area contributed by atoms with Crippen LogP contribution in [0.15, 0.2) is 48.8 Å². The predicted octanol–water partition coefficient (Wildman–Crippen LogP) is 2.60. The van der Waals surface area contributed by atoms with E-state index in [-0.39, 0.29) is 23.8 Å². The quantitative estimate of drug-likeness (QED) is 0.849. The zero-order chi connectivity index (χ0) is 19.2. The molecule has 1 amide bonds.